The van der Waals surface area contributed by atoms with Crippen LogP contribution < -0.4 is 19.6 Å². The Morgan fingerprint density at radius 1 is 0.192 bits per heavy atom. The Morgan fingerprint density at radius 3 is 0.462 bits per heavy atom. The maximum atomic E-state index is 12.8. The summed E-state index contributed by atoms with van der Waals surface area (Å²) in [7, 11) is 0. The van der Waals surface area contributed by atoms with E-state index in [0.717, 1.165) is 135 Å². The molecular formula is C72H72N6. The fourth-order valence-electron chi connectivity index (χ4n) is 12.0. The van der Waals surface area contributed by atoms with Gasteiger partial charge in [0.1, 0.15) is 23.3 Å². The summed E-state index contributed by atoms with van der Waals surface area (Å²) in [5.41, 5.74) is 27.2. The quantitative estimate of drug-likeness (QED) is 0.122. The first kappa shape index (κ1) is 54.0. The molecule has 0 aliphatic carbocycles. The summed E-state index contributed by atoms with van der Waals surface area (Å²) in [6, 6.07) is 58.9. The molecule has 0 heterocycles. The Labute approximate surface area is 464 Å². The van der Waals surface area contributed by atoms with Crippen molar-refractivity contribution in [3.05, 3.63) is 246 Å². The summed E-state index contributed by atoms with van der Waals surface area (Å²) in [4.78, 5) is 9.14. The molecule has 0 radical (unpaired) electrons. The Balaban J connectivity index is 1.71. The first-order valence-corrected chi connectivity index (χ1v) is 27.0. The number of hydrogen-bond donors (Lipinski definition) is 0. The van der Waals surface area contributed by atoms with Crippen molar-refractivity contribution in [1.29, 1.82) is 10.5 Å². The minimum Gasteiger partial charge on any atom is -0.308 e. The van der Waals surface area contributed by atoms with E-state index in [1.165, 1.54) is 0 Å². The summed E-state index contributed by atoms with van der Waals surface area (Å²) >= 11 is 0. The molecule has 0 saturated heterocycles. The molecule has 0 bridgehead atoms. The first-order chi connectivity index (χ1) is 37.1. The molecule has 0 aliphatic heterocycles. The van der Waals surface area contributed by atoms with Crippen LogP contribution in [-0.2, 0) is 0 Å². The predicted molar refractivity (Wildman–Crippen MR) is 330 cm³/mol. The lowest BCUT2D eigenvalue weighted by Crippen LogP contribution is -2.26. The van der Waals surface area contributed by atoms with Crippen molar-refractivity contribution in [3.63, 3.8) is 0 Å². The van der Waals surface area contributed by atoms with Gasteiger partial charge in [-0.1, -0.05) is 48.5 Å². The van der Waals surface area contributed by atoms with Crippen molar-refractivity contribution in [2.24, 2.45) is 0 Å². The Morgan fingerprint density at radius 2 is 0.321 bits per heavy atom. The first-order valence-electron chi connectivity index (χ1n) is 27.0. The molecule has 0 saturated carbocycles. The van der Waals surface area contributed by atoms with Crippen LogP contribution in [0.15, 0.2) is 146 Å². The summed E-state index contributed by atoms with van der Waals surface area (Å²) in [5, 5.41) is 25.7. The lowest BCUT2D eigenvalue weighted by Gasteiger charge is -2.41. The molecule has 9 rings (SSSR count). The highest BCUT2D eigenvalue weighted by Crippen LogP contribution is 2.60. The van der Waals surface area contributed by atoms with E-state index in [2.05, 4.69) is 288 Å². The van der Waals surface area contributed by atoms with Crippen LogP contribution in [0.4, 0.5) is 68.2 Å². The highest BCUT2D eigenvalue weighted by Gasteiger charge is 2.39. The van der Waals surface area contributed by atoms with Gasteiger partial charge < -0.3 is 19.6 Å². The molecule has 0 fully saturated rings. The molecule has 9 aromatic rings. The zero-order valence-electron chi connectivity index (χ0n) is 48.5. The number of anilines is 12. The van der Waals surface area contributed by atoms with Crippen molar-refractivity contribution in [2.75, 3.05) is 19.6 Å². The fraction of sp³-hybridized carbons (Fsp3) is 0.222. The van der Waals surface area contributed by atoms with Crippen LogP contribution in [0.25, 0.3) is 0 Å². The molecule has 6 heteroatoms. The monoisotopic (exact) mass is 1020 g/mol. The van der Waals surface area contributed by atoms with Crippen LogP contribution in [0, 0.1) is 133 Å². The van der Waals surface area contributed by atoms with Gasteiger partial charge in [-0.2, -0.15) is 10.5 Å². The van der Waals surface area contributed by atoms with Crippen molar-refractivity contribution in [1.82, 2.24) is 0 Å². The van der Waals surface area contributed by atoms with Gasteiger partial charge in [0.25, 0.3) is 0 Å². The molecule has 0 amide bonds. The van der Waals surface area contributed by atoms with Gasteiger partial charge >= 0.3 is 0 Å². The van der Waals surface area contributed by atoms with E-state index in [-0.39, 0.29) is 0 Å². The van der Waals surface area contributed by atoms with Crippen LogP contribution in [0.5, 0.6) is 0 Å². The van der Waals surface area contributed by atoms with Crippen molar-refractivity contribution < 1.29 is 0 Å². The van der Waals surface area contributed by atoms with E-state index < -0.39 is 0 Å². The van der Waals surface area contributed by atoms with Gasteiger partial charge in [0.15, 0.2) is 0 Å². The normalized spacial score (nSPS) is 11.1. The molecule has 0 atom stereocenters. The predicted octanol–water partition coefficient (Wildman–Crippen LogP) is 20.2. The van der Waals surface area contributed by atoms with Gasteiger partial charge in [-0.05, 0) is 297 Å². The average Bonchev–Trinajstić information content (AvgIpc) is 3.30. The van der Waals surface area contributed by atoms with Gasteiger partial charge in [0.2, 0.25) is 0 Å². The highest BCUT2D eigenvalue weighted by molar-refractivity contribution is 6.10. The van der Waals surface area contributed by atoms with Crippen molar-refractivity contribution >= 4 is 68.2 Å². The van der Waals surface area contributed by atoms with E-state index >= 15 is 0 Å². The van der Waals surface area contributed by atoms with Crippen LogP contribution in [0.2, 0.25) is 0 Å². The molecule has 78 heavy (non-hydrogen) atoms. The average molecular weight is 1020 g/mol. The second kappa shape index (κ2) is 21.7. The van der Waals surface area contributed by atoms with Gasteiger partial charge in [0, 0.05) is 45.5 Å². The lowest BCUT2D eigenvalue weighted by atomic mass is 9.93. The van der Waals surface area contributed by atoms with Crippen LogP contribution in [0.3, 0.4) is 0 Å². The maximum Gasteiger partial charge on any atom is 0.104 e. The minimum absolute atomic E-state index is 0.335. The smallest absolute Gasteiger partial charge is 0.104 e. The van der Waals surface area contributed by atoms with E-state index in [1.807, 2.05) is 0 Å². The van der Waals surface area contributed by atoms with Gasteiger partial charge in [-0.15, -0.1) is 0 Å². The molecule has 9 aromatic carbocycles. The SMILES string of the molecule is Cc1cc(C)cc(N(c2cc(C)cc(C)c2)c2c(C#N)c(N(c3cc(C)cc(C)c3)c3cc(C)cc(C)c3)c(N(c3cc(C)cc(C)c3)c3cc(C)cc(C)c3)c(N(c3cc(C)cc(C)c3)c3cc(C)cc(C)c3)c2C#N)c1. The molecule has 0 N–H and O–H groups in total. The molecule has 6 nitrogen and oxygen atoms in total. The van der Waals surface area contributed by atoms with E-state index in [1.54, 1.807) is 0 Å². The second-order valence-corrected chi connectivity index (χ2v) is 22.5. The minimum atomic E-state index is 0.335. The van der Waals surface area contributed by atoms with Crippen LogP contribution >= 0.6 is 0 Å². The van der Waals surface area contributed by atoms with E-state index in [4.69, 9.17) is 0 Å². The Hall–Kier alpha value is -8.84. The van der Waals surface area contributed by atoms with Crippen LogP contribution in [-0.4, -0.2) is 0 Å². The van der Waals surface area contributed by atoms with Gasteiger partial charge in [-0.25, -0.2) is 0 Å². The number of aryl methyl sites for hydroxylation is 16. The summed E-state index contributed by atoms with van der Waals surface area (Å²) in [5.74, 6) is 0. The zero-order chi connectivity index (χ0) is 56.0. The standard InChI is InChI=1S/C72H72N6/c1-43-17-44(2)26-59(25-43)75(60-27-45(3)18-46(4)28-60)69-67(41-73)70(76(61-29-47(5)19-48(6)30-61)62-31-49(7)20-50(8)32-62)72(78(65-37-55(13)23-56(14)38-65)66-39-57(15)24-58(16)40-66)71(68(69)42-74)77(63-33-51(9)21-52(10)34-63)64-35-53(11)22-54(12)36-64/h17-40H,1-16H3. The number of benzene rings is 9. The highest BCUT2D eigenvalue weighted by atomic mass is 15.3. The van der Waals surface area contributed by atoms with Gasteiger partial charge in [0.05, 0.1) is 22.7 Å². The number of hydrogen-bond acceptors (Lipinski definition) is 6. The molecule has 0 aliphatic rings. The third-order valence-electron chi connectivity index (χ3n) is 14.2. The largest absolute Gasteiger partial charge is 0.308 e. The van der Waals surface area contributed by atoms with E-state index in [9.17, 15) is 10.5 Å². The Bertz CT molecular complexity index is 3420. The number of nitriles is 2. The third-order valence-corrected chi connectivity index (χ3v) is 14.2. The third kappa shape index (κ3) is 11.0. The Kier molecular flexibility index (Phi) is 15.0. The molecule has 390 valence electrons. The summed E-state index contributed by atoms with van der Waals surface area (Å²) in [6.07, 6.45) is 0. The maximum absolute atomic E-state index is 12.8. The van der Waals surface area contributed by atoms with Crippen molar-refractivity contribution in [2.45, 2.75) is 111 Å². The lowest BCUT2D eigenvalue weighted by molar-refractivity contribution is 1.14. The molecule has 0 spiro atoms. The van der Waals surface area contributed by atoms with E-state index in [0.29, 0.717) is 33.9 Å². The molecule has 0 unspecified atom stereocenters. The number of rotatable bonds is 12. The summed E-state index contributed by atoms with van der Waals surface area (Å²) in [6.45, 7) is 34.1. The second-order valence-electron chi connectivity index (χ2n) is 22.5. The van der Waals surface area contributed by atoms with Crippen LogP contribution in [0.1, 0.15) is 100 Å². The zero-order valence-corrected chi connectivity index (χ0v) is 48.5. The fourth-order valence-corrected chi connectivity index (χ4v) is 12.0. The summed E-state index contributed by atoms with van der Waals surface area (Å²) < 4.78 is 0. The van der Waals surface area contributed by atoms with Crippen molar-refractivity contribution in [3.8, 4) is 12.1 Å². The van der Waals surface area contributed by atoms with Gasteiger partial charge in [-0.3, -0.25) is 0 Å². The molecular weight excluding hydrogens is 949 g/mol. The molecule has 0 aromatic heterocycles. The topological polar surface area (TPSA) is 60.5 Å². The number of nitrogens with zero attached hydrogens (tertiary/aromatic N) is 6.